The van der Waals surface area contributed by atoms with E-state index in [1.165, 1.54) is 10.4 Å². The summed E-state index contributed by atoms with van der Waals surface area (Å²) in [5.41, 5.74) is 4.03. The number of carbonyl (C=O) groups is 2. The predicted molar refractivity (Wildman–Crippen MR) is 122 cm³/mol. The van der Waals surface area contributed by atoms with Crippen LogP contribution in [0.4, 0.5) is 21.9 Å². The van der Waals surface area contributed by atoms with Crippen LogP contribution in [-0.4, -0.2) is 25.0 Å². The molecule has 0 bridgehead atoms. The van der Waals surface area contributed by atoms with E-state index in [1.54, 1.807) is 12.1 Å². The lowest BCUT2D eigenvalue weighted by Crippen LogP contribution is -2.31. The number of rotatable bonds is 6. The Labute approximate surface area is 179 Å². The van der Waals surface area contributed by atoms with Crippen molar-refractivity contribution >= 4 is 40.3 Å². The summed E-state index contributed by atoms with van der Waals surface area (Å²) in [4.78, 5) is 27.8. The van der Waals surface area contributed by atoms with Gasteiger partial charge >= 0.3 is 6.03 Å². The normalized spacial score (nSPS) is 12.7. The largest absolute Gasteiger partial charge is 0.367 e. The molecule has 2 heterocycles. The number of carbonyl (C=O) groups excluding carboxylic acids is 2. The molecule has 3 amide bonds. The average molecular weight is 421 g/mol. The first-order valence-electron chi connectivity index (χ1n) is 9.97. The maximum atomic E-state index is 12.2. The molecule has 0 aliphatic carbocycles. The fourth-order valence-corrected chi connectivity index (χ4v) is 4.32. The molecule has 2 aromatic carbocycles. The number of fused-ring (bicyclic) bond motifs is 1. The van der Waals surface area contributed by atoms with Crippen molar-refractivity contribution in [2.45, 2.75) is 19.4 Å². The molecule has 3 N–H and O–H groups in total. The Morgan fingerprint density at radius 2 is 1.70 bits per heavy atom. The van der Waals surface area contributed by atoms with Crippen molar-refractivity contribution in [1.82, 2.24) is 5.32 Å². The van der Waals surface area contributed by atoms with Crippen LogP contribution < -0.4 is 20.9 Å². The maximum absolute atomic E-state index is 12.2. The monoisotopic (exact) mass is 420 g/mol. The van der Waals surface area contributed by atoms with E-state index in [0.717, 1.165) is 30.9 Å². The standard InChI is InChI=1S/C23H24N4O2S/c28-22(10-13-24-23(29)26-18-4-2-1-3-5-18)25-19-6-8-20(9-7-19)27-14-11-21-17(16-27)12-15-30-21/h1-9,12,15H,10-11,13-14,16H2,(H,25,28)(H2,24,26,29). The quantitative estimate of drug-likeness (QED) is 0.551. The van der Waals surface area contributed by atoms with Gasteiger partial charge in [0.25, 0.3) is 0 Å². The summed E-state index contributed by atoms with van der Waals surface area (Å²) < 4.78 is 0. The molecule has 154 valence electrons. The molecule has 7 heteroatoms. The fraction of sp³-hybridized carbons (Fsp3) is 0.217. The van der Waals surface area contributed by atoms with E-state index in [-0.39, 0.29) is 24.9 Å². The molecule has 30 heavy (non-hydrogen) atoms. The van der Waals surface area contributed by atoms with E-state index in [2.05, 4.69) is 32.3 Å². The molecule has 1 aliphatic heterocycles. The molecule has 0 unspecified atom stereocenters. The molecule has 0 spiro atoms. The summed E-state index contributed by atoms with van der Waals surface area (Å²) in [6.45, 7) is 2.20. The van der Waals surface area contributed by atoms with Crippen LogP contribution in [0.2, 0.25) is 0 Å². The number of amides is 3. The van der Waals surface area contributed by atoms with Crippen molar-refractivity contribution < 1.29 is 9.59 Å². The second-order valence-corrected chi connectivity index (χ2v) is 8.13. The van der Waals surface area contributed by atoms with E-state index in [0.29, 0.717) is 5.69 Å². The minimum atomic E-state index is -0.325. The molecule has 1 aromatic heterocycles. The summed E-state index contributed by atoms with van der Waals surface area (Å²) in [5, 5.41) is 10.4. The summed E-state index contributed by atoms with van der Waals surface area (Å²) in [6, 6.07) is 19.0. The molecule has 4 rings (SSSR count). The van der Waals surface area contributed by atoms with Crippen molar-refractivity contribution in [2.75, 3.05) is 28.6 Å². The molecule has 6 nitrogen and oxygen atoms in total. The van der Waals surface area contributed by atoms with Crippen LogP contribution in [-0.2, 0) is 17.8 Å². The van der Waals surface area contributed by atoms with Gasteiger partial charge in [-0.1, -0.05) is 18.2 Å². The highest BCUT2D eigenvalue weighted by Crippen LogP contribution is 2.28. The number of nitrogens with zero attached hydrogens (tertiary/aromatic N) is 1. The topological polar surface area (TPSA) is 73.5 Å². The molecular formula is C23H24N4O2S. The highest BCUT2D eigenvalue weighted by Gasteiger charge is 2.17. The van der Waals surface area contributed by atoms with E-state index in [1.807, 2.05) is 53.8 Å². The lowest BCUT2D eigenvalue weighted by atomic mass is 10.1. The minimum Gasteiger partial charge on any atom is -0.367 e. The van der Waals surface area contributed by atoms with Gasteiger partial charge in [0.15, 0.2) is 0 Å². The minimum absolute atomic E-state index is 0.136. The lowest BCUT2D eigenvalue weighted by Gasteiger charge is -2.29. The first kappa shape index (κ1) is 20.0. The lowest BCUT2D eigenvalue weighted by molar-refractivity contribution is -0.116. The number of nitrogens with one attached hydrogen (secondary N) is 3. The number of thiophene rings is 1. The van der Waals surface area contributed by atoms with Crippen molar-refractivity contribution in [1.29, 1.82) is 0 Å². The van der Waals surface area contributed by atoms with E-state index < -0.39 is 0 Å². The third-order valence-electron chi connectivity index (χ3n) is 4.99. The van der Waals surface area contributed by atoms with Crippen LogP contribution in [0.15, 0.2) is 66.0 Å². The van der Waals surface area contributed by atoms with Gasteiger partial charge in [0, 0.05) is 48.0 Å². The summed E-state index contributed by atoms with van der Waals surface area (Å²) in [5.74, 6) is -0.136. The van der Waals surface area contributed by atoms with Gasteiger partial charge in [-0.2, -0.15) is 0 Å². The summed E-state index contributed by atoms with van der Waals surface area (Å²) in [6.07, 6.45) is 1.29. The van der Waals surface area contributed by atoms with Crippen LogP contribution in [0.25, 0.3) is 0 Å². The number of hydrogen-bond acceptors (Lipinski definition) is 4. The fourth-order valence-electron chi connectivity index (χ4n) is 3.43. The zero-order chi connectivity index (χ0) is 20.8. The Morgan fingerprint density at radius 1 is 0.933 bits per heavy atom. The van der Waals surface area contributed by atoms with E-state index in [9.17, 15) is 9.59 Å². The molecular weight excluding hydrogens is 396 g/mol. The first-order chi connectivity index (χ1) is 14.7. The third kappa shape index (κ3) is 5.18. The van der Waals surface area contributed by atoms with Crippen LogP contribution >= 0.6 is 11.3 Å². The molecule has 3 aromatic rings. The van der Waals surface area contributed by atoms with Crippen LogP contribution in [0.5, 0.6) is 0 Å². The van der Waals surface area contributed by atoms with Crippen LogP contribution in [0, 0.1) is 0 Å². The van der Waals surface area contributed by atoms with Gasteiger partial charge in [0.1, 0.15) is 0 Å². The first-order valence-corrected chi connectivity index (χ1v) is 10.9. The molecule has 0 fully saturated rings. The van der Waals surface area contributed by atoms with Crippen molar-refractivity contribution in [3.05, 3.63) is 76.5 Å². The molecule has 0 saturated heterocycles. The van der Waals surface area contributed by atoms with Gasteiger partial charge in [-0.25, -0.2) is 4.79 Å². The molecule has 0 radical (unpaired) electrons. The van der Waals surface area contributed by atoms with Gasteiger partial charge in [0.05, 0.1) is 0 Å². The Morgan fingerprint density at radius 3 is 2.50 bits per heavy atom. The zero-order valence-corrected chi connectivity index (χ0v) is 17.4. The number of benzene rings is 2. The SMILES string of the molecule is O=C(CCNC(=O)Nc1ccccc1)Nc1ccc(N2CCc3sccc3C2)cc1. The van der Waals surface area contributed by atoms with Crippen molar-refractivity contribution in [2.24, 2.45) is 0 Å². The number of anilines is 3. The number of urea groups is 1. The zero-order valence-electron chi connectivity index (χ0n) is 16.6. The second kappa shape index (κ2) is 9.45. The number of hydrogen-bond donors (Lipinski definition) is 3. The Balaban J connectivity index is 1.21. The molecule has 0 atom stereocenters. The van der Waals surface area contributed by atoms with Crippen LogP contribution in [0.3, 0.4) is 0 Å². The Bertz CT molecular complexity index is 1000. The van der Waals surface area contributed by atoms with Crippen molar-refractivity contribution in [3.8, 4) is 0 Å². The Kier molecular flexibility index (Phi) is 6.29. The summed E-state index contributed by atoms with van der Waals surface area (Å²) >= 11 is 1.84. The van der Waals surface area contributed by atoms with Gasteiger partial charge in [-0.15, -0.1) is 11.3 Å². The Hall–Kier alpha value is -3.32. The van der Waals surface area contributed by atoms with Gasteiger partial charge in [-0.3, -0.25) is 4.79 Å². The van der Waals surface area contributed by atoms with E-state index >= 15 is 0 Å². The molecule has 1 aliphatic rings. The number of para-hydroxylation sites is 1. The highest BCUT2D eigenvalue weighted by molar-refractivity contribution is 7.10. The van der Waals surface area contributed by atoms with Crippen LogP contribution in [0.1, 0.15) is 16.9 Å². The summed E-state index contributed by atoms with van der Waals surface area (Å²) in [7, 11) is 0. The average Bonchev–Trinajstić information content (AvgIpc) is 3.23. The van der Waals surface area contributed by atoms with Gasteiger partial charge in [-0.05, 0) is 59.8 Å². The smallest absolute Gasteiger partial charge is 0.319 e. The second-order valence-electron chi connectivity index (χ2n) is 7.13. The van der Waals surface area contributed by atoms with Crippen molar-refractivity contribution in [3.63, 3.8) is 0 Å². The van der Waals surface area contributed by atoms with E-state index in [4.69, 9.17) is 0 Å². The third-order valence-corrected chi connectivity index (χ3v) is 6.02. The van der Waals surface area contributed by atoms with Gasteiger partial charge < -0.3 is 20.9 Å². The predicted octanol–water partition coefficient (Wildman–Crippen LogP) is 4.46. The molecule has 0 saturated carbocycles. The highest BCUT2D eigenvalue weighted by atomic mass is 32.1. The maximum Gasteiger partial charge on any atom is 0.319 e. The van der Waals surface area contributed by atoms with Gasteiger partial charge in [0.2, 0.25) is 5.91 Å².